The van der Waals surface area contributed by atoms with Gasteiger partial charge in [-0.05, 0) is 43.2 Å². The highest BCUT2D eigenvalue weighted by Gasteiger charge is 2.34. The number of hydrogen-bond donors (Lipinski definition) is 2. The van der Waals surface area contributed by atoms with Gasteiger partial charge in [0, 0.05) is 20.1 Å². The number of rotatable bonds is 8. The molecule has 1 aliphatic rings. The van der Waals surface area contributed by atoms with Gasteiger partial charge in [-0.1, -0.05) is 31.5 Å². The molecule has 1 saturated carbocycles. The molecular formula is C18H29N3O2S. The molecule has 0 heterocycles. The van der Waals surface area contributed by atoms with Crippen LogP contribution in [0, 0.1) is 5.41 Å². The molecule has 0 atom stereocenters. The van der Waals surface area contributed by atoms with Crippen LogP contribution < -0.4 is 10.6 Å². The molecule has 0 aromatic heterocycles. The fourth-order valence-electron chi connectivity index (χ4n) is 3.04. The monoisotopic (exact) mass is 351 g/mol. The zero-order chi connectivity index (χ0) is 17.5. The van der Waals surface area contributed by atoms with Crippen LogP contribution in [0.4, 0.5) is 0 Å². The molecule has 0 aliphatic heterocycles. The third-order valence-electron chi connectivity index (χ3n) is 5.00. The molecule has 2 N–H and O–H groups in total. The van der Waals surface area contributed by atoms with Crippen molar-refractivity contribution in [2.45, 2.75) is 43.9 Å². The van der Waals surface area contributed by atoms with Crippen LogP contribution in [0.2, 0.25) is 0 Å². The lowest BCUT2D eigenvalue weighted by Gasteiger charge is -2.41. The maximum Gasteiger partial charge on any atom is 0.190 e. The number of hydrogen-bond acceptors (Lipinski definition) is 3. The van der Waals surface area contributed by atoms with E-state index in [0.717, 1.165) is 12.5 Å². The van der Waals surface area contributed by atoms with Gasteiger partial charge in [0.25, 0.3) is 0 Å². The Morgan fingerprint density at radius 1 is 1.21 bits per heavy atom. The molecule has 24 heavy (non-hydrogen) atoms. The summed E-state index contributed by atoms with van der Waals surface area (Å²) in [4.78, 5) is 4.61. The van der Waals surface area contributed by atoms with Gasteiger partial charge in [-0.15, -0.1) is 0 Å². The van der Waals surface area contributed by atoms with Crippen LogP contribution in [0.25, 0.3) is 0 Å². The van der Waals surface area contributed by atoms with Crippen LogP contribution in [0.5, 0.6) is 0 Å². The Kier molecular flexibility index (Phi) is 6.66. The number of guanidine groups is 1. The summed E-state index contributed by atoms with van der Waals surface area (Å²) in [5, 5.41) is 6.59. The molecular weight excluding hydrogens is 322 g/mol. The van der Waals surface area contributed by atoms with Crippen molar-refractivity contribution < 1.29 is 8.42 Å². The molecule has 2 rings (SSSR count). The second-order valence-corrected chi connectivity index (χ2v) is 8.65. The van der Waals surface area contributed by atoms with Crippen molar-refractivity contribution in [1.82, 2.24) is 10.6 Å². The first-order valence-corrected chi connectivity index (χ1v) is 10.4. The average Bonchev–Trinajstić information content (AvgIpc) is 2.57. The molecule has 0 spiro atoms. The summed E-state index contributed by atoms with van der Waals surface area (Å²) in [5.74, 6) is 0.895. The summed E-state index contributed by atoms with van der Waals surface area (Å²) in [6, 6.07) is 8.61. The Bertz CT molecular complexity index is 632. The minimum Gasteiger partial charge on any atom is -0.356 e. The molecule has 0 radical (unpaired) electrons. The lowest BCUT2D eigenvalue weighted by atomic mass is 9.67. The van der Waals surface area contributed by atoms with Gasteiger partial charge in [0.15, 0.2) is 15.8 Å². The molecule has 0 saturated heterocycles. The predicted octanol–water partition coefficient (Wildman–Crippen LogP) is 2.60. The van der Waals surface area contributed by atoms with Crippen LogP contribution in [-0.4, -0.2) is 40.3 Å². The number of benzene rings is 1. The van der Waals surface area contributed by atoms with Gasteiger partial charge in [0.05, 0.1) is 10.6 Å². The van der Waals surface area contributed by atoms with E-state index in [2.05, 4.69) is 22.5 Å². The van der Waals surface area contributed by atoms with Gasteiger partial charge in [-0.2, -0.15) is 0 Å². The normalized spacial score (nSPS) is 17.2. The molecule has 6 heteroatoms. The Morgan fingerprint density at radius 2 is 1.92 bits per heavy atom. The minimum absolute atomic E-state index is 0.139. The fourth-order valence-corrected chi connectivity index (χ4v) is 4.37. The first kappa shape index (κ1) is 18.8. The van der Waals surface area contributed by atoms with Gasteiger partial charge in [0.1, 0.15) is 0 Å². The summed E-state index contributed by atoms with van der Waals surface area (Å²) >= 11 is 0. The summed E-state index contributed by atoms with van der Waals surface area (Å²) in [7, 11) is -1.45. The van der Waals surface area contributed by atoms with Crippen LogP contribution >= 0.6 is 0 Å². The van der Waals surface area contributed by atoms with Crippen LogP contribution in [-0.2, 0) is 9.84 Å². The van der Waals surface area contributed by atoms with Gasteiger partial charge in [-0.3, -0.25) is 4.99 Å². The highest BCUT2D eigenvalue weighted by molar-refractivity contribution is 7.91. The Balaban J connectivity index is 1.72. The van der Waals surface area contributed by atoms with Gasteiger partial charge in [0.2, 0.25) is 0 Å². The van der Waals surface area contributed by atoms with E-state index < -0.39 is 9.84 Å². The highest BCUT2D eigenvalue weighted by atomic mass is 32.2. The van der Waals surface area contributed by atoms with Crippen molar-refractivity contribution in [1.29, 1.82) is 0 Å². The summed E-state index contributed by atoms with van der Waals surface area (Å²) in [6.07, 6.45) is 5.62. The number of aliphatic imine (C=N–C) groups is 1. The van der Waals surface area contributed by atoms with E-state index in [1.807, 2.05) is 6.07 Å². The standard InChI is InChI=1S/C18H29N3O2S/c1-3-18(11-7-12-18)15-21-17(19-2)20-13-8-14-24(22,23)16-9-5-4-6-10-16/h4-6,9-10H,3,7-8,11-15H2,1-2H3,(H2,19,20,21). The van der Waals surface area contributed by atoms with E-state index in [4.69, 9.17) is 0 Å². The van der Waals surface area contributed by atoms with Crippen LogP contribution in [0.3, 0.4) is 0 Å². The average molecular weight is 352 g/mol. The Morgan fingerprint density at radius 3 is 2.46 bits per heavy atom. The zero-order valence-corrected chi connectivity index (χ0v) is 15.5. The van der Waals surface area contributed by atoms with E-state index >= 15 is 0 Å². The van der Waals surface area contributed by atoms with E-state index in [9.17, 15) is 8.42 Å². The number of sulfone groups is 1. The lowest BCUT2D eigenvalue weighted by Crippen LogP contribution is -2.46. The molecule has 1 aliphatic carbocycles. The molecule has 0 bridgehead atoms. The molecule has 0 amide bonds. The van der Waals surface area contributed by atoms with Gasteiger partial charge < -0.3 is 10.6 Å². The molecule has 1 fully saturated rings. The quantitative estimate of drug-likeness (QED) is 0.429. The smallest absolute Gasteiger partial charge is 0.190 e. The molecule has 0 unspecified atom stereocenters. The van der Waals surface area contributed by atoms with Gasteiger partial charge >= 0.3 is 0 Å². The summed E-state index contributed by atoms with van der Waals surface area (Å²) in [5.41, 5.74) is 0.425. The minimum atomic E-state index is -3.20. The first-order chi connectivity index (χ1) is 11.5. The zero-order valence-electron chi connectivity index (χ0n) is 14.7. The third kappa shape index (κ3) is 4.97. The SMILES string of the molecule is CCC1(CNC(=NC)NCCCS(=O)(=O)c2ccccc2)CCC1. The maximum atomic E-state index is 12.2. The first-order valence-electron chi connectivity index (χ1n) is 8.74. The third-order valence-corrected chi connectivity index (χ3v) is 6.82. The number of nitrogens with zero attached hydrogens (tertiary/aromatic N) is 1. The van der Waals surface area contributed by atoms with Crippen molar-refractivity contribution >= 4 is 15.8 Å². The molecule has 1 aromatic rings. The molecule has 5 nitrogen and oxygen atoms in total. The fraction of sp³-hybridized carbons (Fsp3) is 0.611. The maximum absolute atomic E-state index is 12.2. The molecule has 134 valence electrons. The predicted molar refractivity (Wildman–Crippen MR) is 99.1 cm³/mol. The van der Waals surface area contributed by atoms with Crippen LogP contribution in [0.1, 0.15) is 39.0 Å². The van der Waals surface area contributed by atoms with E-state index in [1.54, 1.807) is 31.3 Å². The van der Waals surface area contributed by atoms with Crippen molar-refractivity contribution in [2.75, 3.05) is 25.9 Å². The second-order valence-electron chi connectivity index (χ2n) is 6.55. The van der Waals surface area contributed by atoms with Crippen molar-refractivity contribution in [3.63, 3.8) is 0 Å². The Labute approximate surface area is 145 Å². The van der Waals surface area contributed by atoms with Crippen molar-refractivity contribution in [3.8, 4) is 0 Å². The second kappa shape index (κ2) is 8.51. The van der Waals surface area contributed by atoms with Gasteiger partial charge in [-0.25, -0.2) is 8.42 Å². The molecule has 1 aromatic carbocycles. The Hall–Kier alpha value is -1.56. The van der Waals surface area contributed by atoms with Crippen molar-refractivity contribution in [2.24, 2.45) is 10.4 Å². The van der Waals surface area contributed by atoms with E-state index in [-0.39, 0.29) is 5.75 Å². The number of nitrogens with one attached hydrogen (secondary N) is 2. The summed E-state index contributed by atoms with van der Waals surface area (Å²) in [6.45, 7) is 3.77. The highest BCUT2D eigenvalue weighted by Crippen LogP contribution is 2.42. The van der Waals surface area contributed by atoms with Crippen LogP contribution in [0.15, 0.2) is 40.2 Å². The largest absolute Gasteiger partial charge is 0.356 e. The van der Waals surface area contributed by atoms with E-state index in [0.29, 0.717) is 23.3 Å². The van der Waals surface area contributed by atoms with E-state index in [1.165, 1.54) is 25.7 Å². The van der Waals surface area contributed by atoms with Crippen molar-refractivity contribution in [3.05, 3.63) is 30.3 Å². The lowest BCUT2D eigenvalue weighted by molar-refractivity contribution is 0.131. The summed E-state index contributed by atoms with van der Waals surface area (Å²) < 4.78 is 24.4. The topological polar surface area (TPSA) is 70.6 Å².